The third kappa shape index (κ3) is 5.10. The molecule has 0 unspecified atom stereocenters. The summed E-state index contributed by atoms with van der Waals surface area (Å²) in [5, 5.41) is 2.38. The van der Waals surface area contributed by atoms with E-state index < -0.39 is 6.04 Å². The van der Waals surface area contributed by atoms with Gasteiger partial charge in [0.2, 0.25) is 0 Å². The standard InChI is InChI=1S/C48H31NOS/c1-3-11-32(12-4-1)33-19-24-37(25-20-33)49(38-26-21-34(22-27-38)36-23-28-42-41-16-8-10-18-45(41)51-46(42)31-36)47-39(35-13-5-2-6-14-35)29-30-43-40-15-7-9-17-44(40)50-48(43)47/h1-31H/i8D,10D,16D,18D,23D,28D,31D. The first-order valence-corrected chi connectivity index (χ1v) is 17.5. The van der Waals surface area contributed by atoms with E-state index in [-0.39, 0.29) is 57.3 Å². The second-order valence-electron chi connectivity index (χ2n) is 12.4. The fourth-order valence-electron chi connectivity index (χ4n) is 6.91. The van der Waals surface area contributed by atoms with Gasteiger partial charge in [-0.05, 0) is 76.3 Å². The largest absolute Gasteiger partial charge is 0.454 e. The Hall–Kier alpha value is -6.42. The molecule has 0 aliphatic rings. The molecule has 0 spiro atoms. The van der Waals surface area contributed by atoms with Gasteiger partial charge in [-0.25, -0.2) is 0 Å². The van der Waals surface area contributed by atoms with Crippen molar-refractivity contribution in [2.75, 3.05) is 4.90 Å². The molecule has 10 rings (SSSR count). The van der Waals surface area contributed by atoms with Crippen molar-refractivity contribution in [1.82, 2.24) is 0 Å². The maximum Gasteiger partial charge on any atom is 0.160 e. The number of para-hydroxylation sites is 1. The van der Waals surface area contributed by atoms with Crippen LogP contribution in [0.2, 0.25) is 0 Å². The lowest BCUT2D eigenvalue weighted by Crippen LogP contribution is -2.11. The molecule has 0 amide bonds. The van der Waals surface area contributed by atoms with Crippen molar-refractivity contribution >= 4 is 70.5 Å². The van der Waals surface area contributed by atoms with Crippen LogP contribution in [-0.2, 0) is 0 Å². The lowest BCUT2D eigenvalue weighted by atomic mass is 9.98. The normalized spacial score (nSPS) is 13.5. The summed E-state index contributed by atoms with van der Waals surface area (Å²) in [6.45, 7) is 0. The van der Waals surface area contributed by atoms with Crippen LogP contribution >= 0.6 is 11.3 Å². The molecule has 10 aromatic rings. The molecule has 0 N–H and O–H groups in total. The summed E-state index contributed by atoms with van der Waals surface area (Å²) in [5.41, 5.74) is 9.03. The van der Waals surface area contributed by atoms with Crippen LogP contribution in [0.3, 0.4) is 0 Å². The Morgan fingerprint density at radius 3 is 1.80 bits per heavy atom. The summed E-state index contributed by atoms with van der Waals surface area (Å²) in [4.78, 5) is 2.18. The van der Waals surface area contributed by atoms with Crippen LogP contribution in [0.25, 0.3) is 75.5 Å². The van der Waals surface area contributed by atoms with Crippen molar-refractivity contribution in [2.45, 2.75) is 0 Å². The third-order valence-electron chi connectivity index (χ3n) is 9.36. The highest BCUT2D eigenvalue weighted by atomic mass is 32.1. The number of hydrogen-bond donors (Lipinski definition) is 0. The monoisotopic (exact) mass is 676 g/mol. The first kappa shape index (κ1) is 23.1. The van der Waals surface area contributed by atoms with Gasteiger partial charge in [0.1, 0.15) is 5.58 Å². The molecule has 0 bridgehead atoms. The molecule has 8 aromatic carbocycles. The molecule has 0 aliphatic carbocycles. The van der Waals surface area contributed by atoms with E-state index in [1.54, 1.807) is 0 Å². The second-order valence-corrected chi connectivity index (χ2v) is 13.4. The number of furan rings is 1. The van der Waals surface area contributed by atoms with Gasteiger partial charge >= 0.3 is 0 Å². The van der Waals surface area contributed by atoms with Crippen molar-refractivity contribution in [3.63, 3.8) is 0 Å². The Morgan fingerprint density at radius 2 is 1.06 bits per heavy atom. The summed E-state index contributed by atoms with van der Waals surface area (Å²) in [7, 11) is 0. The molecular formula is C48H31NOS. The van der Waals surface area contributed by atoms with Crippen LogP contribution in [0.5, 0.6) is 0 Å². The van der Waals surface area contributed by atoms with E-state index in [4.69, 9.17) is 12.6 Å². The van der Waals surface area contributed by atoms with E-state index in [1.807, 2.05) is 78.9 Å². The average molecular weight is 677 g/mol. The molecule has 240 valence electrons. The minimum Gasteiger partial charge on any atom is -0.454 e. The Morgan fingerprint density at radius 1 is 0.451 bits per heavy atom. The van der Waals surface area contributed by atoms with Crippen LogP contribution in [0.4, 0.5) is 17.1 Å². The molecular weight excluding hydrogens is 639 g/mol. The summed E-state index contributed by atoms with van der Waals surface area (Å²) in [6, 6.07) is 47.2. The predicted octanol–water partition coefficient (Wildman–Crippen LogP) is 14.4. The van der Waals surface area contributed by atoms with Crippen molar-refractivity contribution in [1.29, 1.82) is 0 Å². The van der Waals surface area contributed by atoms with E-state index in [0.29, 0.717) is 10.3 Å². The van der Waals surface area contributed by atoms with Gasteiger partial charge < -0.3 is 9.32 Å². The fraction of sp³-hybridized carbons (Fsp3) is 0. The molecule has 2 heterocycles. The van der Waals surface area contributed by atoms with Gasteiger partial charge in [-0.1, -0.05) is 139 Å². The maximum atomic E-state index is 9.33. The zero-order valence-electron chi connectivity index (χ0n) is 34.1. The lowest BCUT2D eigenvalue weighted by molar-refractivity contribution is 0.669. The summed E-state index contributed by atoms with van der Waals surface area (Å²) in [5.74, 6) is 0. The number of hydrogen-bond acceptors (Lipinski definition) is 3. The fourth-order valence-corrected chi connectivity index (χ4v) is 7.88. The number of benzene rings is 8. The van der Waals surface area contributed by atoms with Crippen LogP contribution in [0.15, 0.2) is 192 Å². The smallest absolute Gasteiger partial charge is 0.160 e. The van der Waals surface area contributed by atoms with Crippen molar-refractivity contribution in [2.24, 2.45) is 0 Å². The quantitative estimate of drug-likeness (QED) is 0.174. The maximum absolute atomic E-state index is 9.33. The van der Waals surface area contributed by atoms with E-state index in [2.05, 4.69) is 71.6 Å². The van der Waals surface area contributed by atoms with Gasteiger partial charge in [0, 0.05) is 47.9 Å². The van der Waals surface area contributed by atoms with Crippen molar-refractivity contribution < 1.29 is 14.0 Å². The predicted molar refractivity (Wildman–Crippen MR) is 218 cm³/mol. The first-order chi connectivity index (χ1) is 28.2. The van der Waals surface area contributed by atoms with Gasteiger partial charge in [-0.3, -0.25) is 0 Å². The highest BCUT2D eigenvalue weighted by molar-refractivity contribution is 7.25. The molecule has 2 nitrogen and oxygen atoms in total. The Kier molecular flexibility index (Phi) is 5.50. The van der Waals surface area contributed by atoms with Gasteiger partial charge in [0.05, 0.1) is 15.3 Å². The Balaban J connectivity index is 1.19. The zero-order valence-corrected chi connectivity index (χ0v) is 27.9. The number of anilines is 3. The molecule has 0 saturated carbocycles. The highest BCUT2D eigenvalue weighted by Gasteiger charge is 2.24. The number of rotatable bonds is 6. The average Bonchev–Trinajstić information content (AvgIpc) is 3.86. The second kappa shape index (κ2) is 12.2. The molecule has 0 radical (unpaired) electrons. The van der Waals surface area contributed by atoms with Crippen LogP contribution in [0, 0.1) is 0 Å². The zero-order chi connectivity index (χ0) is 39.8. The van der Waals surface area contributed by atoms with Gasteiger partial charge in [-0.2, -0.15) is 0 Å². The summed E-state index contributed by atoms with van der Waals surface area (Å²) in [6.07, 6.45) is 0. The summed E-state index contributed by atoms with van der Waals surface area (Å²) < 4.78 is 68.5. The summed E-state index contributed by atoms with van der Waals surface area (Å²) >= 11 is 1.07. The van der Waals surface area contributed by atoms with Crippen molar-refractivity contribution in [3.8, 4) is 33.4 Å². The minimum absolute atomic E-state index is 0.00794. The van der Waals surface area contributed by atoms with Crippen LogP contribution < -0.4 is 4.90 Å². The molecule has 0 atom stereocenters. The van der Waals surface area contributed by atoms with Crippen LogP contribution in [-0.4, -0.2) is 0 Å². The Labute approximate surface area is 309 Å². The SMILES string of the molecule is [2H]c1c([2H])c([2H])c2c(sc3c([2H])c(-c4ccc(N(c5ccc(-c6ccccc6)cc5)c5c(-c6ccccc6)ccc6c5oc5ccccc56)cc4)c([2H])c([2H])c32)c1[2H]. The molecule has 0 fully saturated rings. The molecule has 3 heteroatoms. The molecule has 51 heavy (non-hydrogen) atoms. The van der Waals surface area contributed by atoms with Gasteiger partial charge in [-0.15, -0.1) is 11.3 Å². The third-order valence-corrected chi connectivity index (χ3v) is 10.4. The van der Waals surface area contributed by atoms with Gasteiger partial charge in [0.15, 0.2) is 5.58 Å². The number of thiophene rings is 1. The topological polar surface area (TPSA) is 16.4 Å². The minimum atomic E-state index is -0.401. The molecule has 2 aromatic heterocycles. The molecule has 0 saturated heterocycles. The van der Waals surface area contributed by atoms with Crippen molar-refractivity contribution in [3.05, 3.63) is 188 Å². The number of nitrogens with zero attached hydrogens (tertiary/aromatic N) is 1. The Bertz CT molecular complexity index is 3240. The van der Waals surface area contributed by atoms with E-state index in [9.17, 15) is 1.37 Å². The lowest BCUT2D eigenvalue weighted by Gasteiger charge is -2.28. The van der Waals surface area contributed by atoms with E-state index in [0.717, 1.165) is 72.6 Å². The van der Waals surface area contributed by atoms with Gasteiger partial charge in [0.25, 0.3) is 0 Å². The van der Waals surface area contributed by atoms with E-state index >= 15 is 0 Å². The van der Waals surface area contributed by atoms with Crippen LogP contribution in [0.1, 0.15) is 9.60 Å². The molecule has 0 aliphatic heterocycles. The number of fused-ring (bicyclic) bond motifs is 6. The first-order valence-electron chi connectivity index (χ1n) is 20.2. The van der Waals surface area contributed by atoms with E-state index in [1.165, 1.54) is 0 Å². The highest BCUT2D eigenvalue weighted by Crippen LogP contribution is 2.48.